The Hall–Kier alpha value is -1.26. The van der Waals surface area contributed by atoms with Gasteiger partial charge >= 0.3 is 0 Å². The van der Waals surface area contributed by atoms with Gasteiger partial charge in [0.1, 0.15) is 5.75 Å². The Kier molecular flexibility index (Phi) is 6.99. The molecule has 5 heteroatoms. The van der Waals surface area contributed by atoms with Crippen LogP contribution in [0.4, 0.5) is 0 Å². The van der Waals surface area contributed by atoms with Gasteiger partial charge in [0.25, 0.3) is 0 Å². The smallest absolute Gasteiger partial charge is 0.230 e. The summed E-state index contributed by atoms with van der Waals surface area (Å²) in [7, 11) is 1.65. The van der Waals surface area contributed by atoms with E-state index < -0.39 is 0 Å². The quantitative estimate of drug-likeness (QED) is 0.793. The first-order chi connectivity index (χ1) is 9.73. The molecule has 1 aromatic rings. The first-order valence-corrected chi connectivity index (χ1v) is 7.36. The minimum absolute atomic E-state index is 0. The second-order valence-corrected chi connectivity index (χ2v) is 5.42. The Morgan fingerprint density at radius 3 is 2.71 bits per heavy atom. The minimum atomic E-state index is -0.386. The molecule has 0 aromatic heterocycles. The zero-order valence-corrected chi connectivity index (χ0v) is 13.4. The number of amides is 1. The van der Waals surface area contributed by atoms with E-state index in [-0.39, 0.29) is 23.7 Å². The highest BCUT2D eigenvalue weighted by Crippen LogP contribution is 2.42. The maximum Gasteiger partial charge on any atom is 0.230 e. The van der Waals surface area contributed by atoms with Crippen molar-refractivity contribution in [2.45, 2.75) is 37.5 Å². The molecule has 0 aliphatic heterocycles. The van der Waals surface area contributed by atoms with E-state index in [0.717, 1.165) is 43.4 Å². The number of hydrogen-bond acceptors (Lipinski definition) is 3. The first kappa shape index (κ1) is 17.8. The van der Waals surface area contributed by atoms with Crippen LogP contribution in [0.3, 0.4) is 0 Å². The van der Waals surface area contributed by atoms with Crippen molar-refractivity contribution in [3.63, 3.8) is 0 Å². The third-order valence-corrected chi connectivity index (χ3v) is 4.18. The van der Waals surface area contributed by atoms with Gasteiger partial charge in [0, 0.05) is 6.54 Å². The molecular formula is C16H25ClN2O2. The van der Waals surface area contributed by atoms with Crippen LogP contribution in [0.5, 0.6) is 5.75 Å². The molecule has 1 amide bonds. The molecule has 0 radical (unpaired) electrons. The normalized spacial score (nSPS) is 16.1. The molecule has 1 saturated carbocycles. The maximum atomic E-state index is 12.6. The van der Waals surface area contributed by atoms with Crippen LogP contribution in [-0.4, -0.2) is 26.1 Å². The van der Waals surface area contributed by atoms with E-state index >= 15 is 0 Å². The van der Waals surface area contributed by atoms with Gasteiger partial charge in [0.2, 0.25) is 5.91 Å². The van der Waals surface area contributed by atoms with Crippen LogP contribution in [0.25, 0.3) is 0 Å². The van der Waals surface area contributed by atoms with E-state index in [2.05, 4.69) is 5.32 Å². The number of nitrogens with two attached hydrogens (primary N) is 1. The molecule has 0 heterocycles. The minimum Gasteiger partial charge on any atom is -0.497 e. The predicted molar refractivity (Wildman–Crippen MR) is 87.1 cm³/mol. The predicted octanol–water partition coefficient (Wildman–Crippen LogP) is 2.39. The number of hydrogen-bond donors (Lipinski definition) is 2. The number of nitrogens with one attached hydrogen (secondary N) is 1. The Labute approximate surface area is 132 Å². The molecule has 0 saturated heterocycles. The third kappa shape index (κ3) is 3.89. The highest BCUT2D eigenvalue weighted by Gasteiger charge is 2.42. The molecule has 0 bridgehead atoms. The summed E-state index contributed by atoms with van der Waals surface area (Å²) in [5.41, 5.74) is 6.17. The van der Waals surface area contributed by atoms with Gasteiger partial charge in [-0.05, 0) is 43.5 Å². The lowest BCUT2D eigenvalue weighted by atomic mass is 9.78. The van der Waals surface area contributed by atoms with Crippen LogP contribution in [0.15, 0.2) is 24.3 Å². The molecule has 2 rings (SSSR count). The van der Waals surface area contributed by atoms with E-state index in [1.165, 1.54) is 0 Å². The van der Waals surface area contributed by atoms with Crippen molar-refractivity contribution in [3.8, 4) is 5.75 Å². The van der Waals surface area contributed by atoms with Crippen LogP contribution in [0.2, 0.25) is 0 Å². The summed E-state index contributed by atoms with van der Waals surface area (Å²) in [6, 6.07) is 7.91. The Morgan fingerprint density at radius 2 is 2.10 bits per heavy atom. The van der Waals surface area contributed by atoms with Gasteiger partial charge in [-0.2, -0.15) is 0 Å². The number of rotatable bonds is 6. The molecule has 118 valence electrons. The number of carbonyl (C=O) groups is 1. The first-order valence-electron chi connectivity index (χ1n) is 7.36. The van der Waals surface area contributed by atoms with Crippen LogP contribution in [0, 0.1) is 0 Å². The van der Waals surface area contributed by atoms with E-state index in [1.54, 1.807) is 7.11 Å². The summed E-state index contributed by atoms with van der Waals surface area (Å²) in [5.74, 6) is 0.945. The summed E-state index contributed by atoms with van der Waals surface area (Å²) < 4.78 is 5.29. The standard InChI is InChI=1S/C16H24N2O2.ClH/c1-20-14-7-4-6-13(12-14)16(8-2-3-9-16)15(19)18-11-5-10-17;/h4,6-7,12H,2-3,5,8-11,17H2,1H3,(H,18,19);1H. The topological polar surface area (TPSA) is 64.3 Å². The van der Waals surface area contributed by atoms with Crippen LogP contribution in [0.1, 0.15) is 37.7 Å². The summed E-state index contributed by atoms with van der Waals surface area (Å²) in [4.78, 5) is 12.6. The molecule has 1 aliphatic carbocycles. The van der Waals surface area contributed by atoms with Crippen LogP contribution < -0.4 is 15.8 Å². The van der Waals surface area contributed by atoms with Crippen molar-refractivity contribution in [1.82, 2.24) is 5.32 Å². The fourth-order valence-corrected chi connectivity index (χ4v) is 3.02. The summed E-state index contributed by atoms with van der Waals surface area (Å²) in [5, 5.41) is 3.04. The molecule has 1 fully saturated rings. The van der Waals surface area contributed by atoms with Gasteiger partial charge in [-0.15, -0.1) is 12.4 Å². The summed E-state index contributed by atoms with van der Waals surface area (Å²) in [6.07, 6.45) is 4.84. The highest BCUT2D eigenvalue weighted by atomic mass is 35.5. The molecule has 0 unspecified atom stereocenters. The van der Waals surface area contributed by atoms with Gasteiger partial charge in [0.15, 0.2) is 0 Å². The molecule has 1 aliphatic rings. The largest absolute Gasteiger partial charge is 0.497 e. The monoisotopic (exact) mass is 312 g/mol. The molecule has 4 nitrogen and oxygen atoms in total. The number of carbonyl (C=O) groups excluding carboxylic acids is 1. The lowest BCUT2D eigenvalue weighted by Crippen LogP contribution is -2.43. The van der Waals surface area contributed by atoms with Crippen molar-refractivity contribution in [1.29, 1.82) is 0 Å². The molecule has 3 N–H and O–H groups in total. The van der Waals surface area contributed by atoms with Gasteiger partial charge in [-0.1, -0.05) is 25.0 Å². The second-order valence-electron chi connectivity index (χ2n) is 5.42. The average molecular weight is 313 g/mol. The average Bonchev–Trinajstić information content (AvgIpc) is 2.98. The highest BCUT2D eigenvalue weighted by molar-refractivity contribution is 5.88. The fraction of sp³-hybridized carbons (Fsp3) is 0.562. The number of methoxy groups -OCH3 is 1. The SMILES string of the molecule is COc1cccc(C2(C(=O)NCCCN)CCCC2)c1.Cl. The third-order valence-electron chi connectivity index (χ3n) is 4.18. The second kappa shape index (κ2) is 8.25. The van der Waals surface area contributed by atoms with Gasteiger partial charge in [-0.3, -0.25) is 4.79 Å². The number of halogens is 1. The number of benzene rings is 1. The zero-order chi connectivity index (χ0) is 14.4. The van der Waals surface area contributed by atoms with E-state index in [9.17, 15) is 4.79 Å². The Bertz CT molecular complexity index is 459. The molecule has 0 spiro atoms. The lowest BCUT2D eigenvalue weighted by molar-refractivity contribution is -0.126. The van der Waals surface area contributed by atoms with E-state index in [1.807, 2.05) is 24.3 Å². The summed E-state index contributed by atoms with van der Waals surface area (Å²) >= 11 is 0. The van der Waals surface area contributed by atoms with Gasteiger partial charge in [-0.25, -0.2) is 0 Å². The fourth-order valence-electron chi connectivity index (χ4n) is 3.02. The van der Waals surface area contributed by atoms with Crippen LogP contribution in [-0.2, 0) is 10.2 Å². The Balaban J connectivity index is 0.00000220. The Morgan fingerprint density at radius 1 is 1.38 bits per heavy atom. The number of ether oxygens (including phenoxy) is 1. The molecule has 0 atom stereocenters. The van der Waals surface area contributed by atoms with Crippen molar-refractivity contribution < 1.29 is 9.53 Å². The van der Waals surface area contributed by atoms with Crippen LogP contribution >= 0.6 is 12.4 Å². The summed E-state index contributed by atoms with van der Waals surface area (Å²) in [6.45, 7) is 1.26. The lowest BCUT2D eigenvalue weighted by Gasteiger charge is -2.28. The maximum absolute atomic E-state index is 12.6. The zero-order valence-electron chi connectivity index (χ0n) is 12.6. The van der Waals surface area contributed by atoms with Crippen molar-refractivity contribution in [2.24, 2.45) is 5.73 Å². The van der Waals surface area contributed by atoms with E-state index in [4.69, 9.17) is 10.5 Å². The van der Waals surface area contributed by atoms with E-state index in [0.29, 0.717) is 13.1 Å². The van der Waals surface area contributed by atoms with Gasteiger partial charge in [0.05, 0.1) is 12.5 Å². The molecule has 1 aromatic carbocycles. The molecule has 21 heavy (non-hydrogen) atoms. The van der Waals surface area contributed by atoms with Crippen molar-refractivity contribution in [3.05, 3.63) is 29.8 Å². The van der Waals surface area contributed by atoms with Crippen molar-refractivity contribution in [2.75, 3.05) is 20.2 Å². The molecular weight excluding hydrogens is 288 g/mol. The van der Waals surface area contributed by atoms with Crippen molar-refractivity contribution >= 4 is 18.3 Å². The van der Waals surface area contributed by atoms with Gasteiger partial charge < -0.3 is 15.8 Å².